The van der Waals surface area contributed by atoms with Crippen molar-refractivity contribution in [3.05, 3.63) is 82.8 Å². The Balaban J connectivity index is 1.55. The summed E-state index contributed by atoms with van der Waals surface area (Å²) >= 11 is 3.37. The standard InChI is InChI=1S/C25H24BrN3O5S/c1-28(18-12-13-21-22(15-18)34-16-33-21)24(30)20(14-17-8-4-3-5-9-17)27-25(31)29(2)35(32)23-11-7-6-10-19(23)26/h3-13,15,20H,14,16H2,1-2H3,(H,27,31). The normalized spacial score (nSPS) is 13.6. The molecule has 0 spiro atoms. The molecule has 3 amide bonds. The van der Waals surface area contributed by atoms with Gasteiger partial charge in [-0.05, 0) is 45.8 Å². The topological polar surface area (TPSA) is 88.2 Å². The Labute approximate surface area is 214 Å². The molecule has 2 atom stereocenters. The van der Waals surface area contributed by atoms with E-state index in [0.717, 1.165) is 9.87 Å². The molecule has 1 aliphatic heterocycles. The number of amides is 3. The molecule has 3 aromatic rings. The first-order valence-corrected chi connectivity index (χ1v) is 12.7. The number of benzene rings is 3. The first-order chi connectivity index (χ1) is 16.8. The van der Waals surface area contributed by atoms with E-state index in [2.05, 4.69) is 21.2 Å². The van der Waals surface area contributed by atoms with Crippen LogP contribution in [0.3, 0.4) is 0 Å². The monoisotopic (exact) mass is 557 g/mol. The lowest BCUT2D eigenvalue weighted by atomic mass is 10.0. The van der Waals surface area contributed by atoms with Crippen LogP contribution in [0.15, 0.2) is 82.2 Å². The zero-order chi connectivity index (χ0) is 24.9. The molecule has 1 N–H and O–H groups in total. The number of urea groups is 1. The van der Waals surface area contributed by atoms with E-state index >= 15 is 0 Å². The van der Waals surface area contributed by atoms with Gasteiger partial charge in [-0.15, -0.1) is 0 Å². The number of hydrogen-bond acceptors (Lipinski definition) is 5. The molecule has 182 valence electrons. The smallest absolute Gasteiger partial charge is 0.329 e. The van der Waals surface area contributed by atoms with Crippen LogP contribution in [0.4, 0.5) is 10.5 Å². The van der Waals surface area contributed by atoms with Crippen LogP contribution >= 0.6 is 15.9 Å². The second-order valence-electron chi connectivity index (χ2n) is 7.80. The minimum absolute atomic E-state index is 0.129. The van der Waals surface area contributed by atoms with Crippen LogP contribution < -0.4 is 19.7 Å². The summed E-state index contributed by atoms with van der Waals surface area (Å²) in [5, 5.41) is 2.77. The van der Waals surface area contributed by atoms with Crippen molar-refractivity contribution in [1.82, 2.24) is 9.62 Å². The highest BCUT2D eigenvalue weighted by molar-refractivity contribution is 9.10. The molecule has 1 heterocycles. The number of carbonyl (C=O) groups excluding carboxylic acids is 2. The van der Waals surface area contributed by atoms with Gasteiger partial charge < -0.3 is 19.7 Å². The van der Waals surface area contributed by atoms with Crippen molar-refractivity contribution in [3.8, 4) is 11.5 Å². The Morgan fingerprint density at radius 1 is 1.00 bits per heavy atom. The third-order valence-corrected chi connectivity index (χ3v) is 7.86. The molecule has 1 aliphatic rings. The van der Waals surface area contributed by atoms with E-state index in [9.17, 15) is 13.8 Å². The van der Waals surface area contributed by atoms with Crippen molar-refractivity contribution in [2.24, 2.45) is 0 Å². The number of hydrogen-bond donors (Lipinski definition) is 1. The van der Waals surface area contributed by atoms with Crippen molar-refractivity contribution >= 4 is 44.5 Å². The van der Waals surface area contributed by atoms with Crippen molar-refractivity contribution in [3.63, 3.8) is 0 Å². The van der Waals surface area contributed by atoms with E-state index in [1.807, 2.05) is 30.3 Å². The fourth-order valence-electron chi connectivity index (χ4n) is 3.55. The van der Waals surface area contributed by atoms with Crippen LogP contribution in [0.25, 0.3) is 0 Å². The number of nitrogens with one attached hydrogen (secondary N) is 1. The number of carbonyl (C=O) groups is 2. The summed E-state index contributed by atoms with van der Waals surface area (Å²) in [7, 11) is 1.29. The van der Waals surface area contributed by atoms with Crippen molar-refractivity contribution in [1.29, 1.82) is 0 Å². The minimum atomic E-state index is -1.77. The summed E-state index contributed by atoms with van der Waals surface area (Å²) in [6.45, 7) is 0.129. The van der Waals surface area contributed by atoms with Crippen molar-refractivity contribution in [2.75, 3.05) is 25.8 Å². The Hall–Kier alpha value is -3.37. The minimum Gasteiger partial charge on any atom is -0.454 e. The summed E-state index contributed by atoms with van der Waals surface area (Å²) in [5.74, 6) is 0.829. The molecule has 0 saturated carbocycles. The van der Waals surface area contributed by atoms with Crippen LogP contribution in [-0.4, -0.2) is 47.4 Å². The van der Waals surface area contributed by atoms with E-state index in [1.54, 1.807) is 49.5 Å². The molecule has 10 heteroatoms. The van der Waals surface area contributed by atoms with Crippen molar-refractivity contribution < 1.29 is 23.3 Å². The van der Waals surface area contributed by atoms with Crippen molar-refractivity contribution in [2.45, 2.75) is 17.4 Å². The molecule has 0 fully saturated rings. The SMILES string of the molecule is CN(C(=O)C(Cc1ccccc1)NC(=O)N(C)S(=O)c1ccccc1Br)c1ccc2c(c1)OCO2. The zero-order valence-corrected chi connectivity index (χ0v) is 21.5. The molecular weight excluding hydrogens is 534 g/mol. The Morgan fingerprint density at radius 2 is 1.69 bits per heavy atom. The van der Waals surface area contributed by atoms with E-state index in [-0.39, 0.29) is 19.1 Å². The van der Waals surface area contributed by atoms with Gasteiger partial charge in [0.15, 0.2) is 22.5 Å². The van der Waals surface area contributed by atoms with Gasteiger partial charge in [-0.3, -0.25) is 4.79 Å². The molecule has 0 radical (unpaired) electrons. The highest BCUT2D eigenvalue weighted by Crippen LogP contribution is 2.35. The van der Waals surface area contributed by atoms with Gasteiger partial charge in [-0.25, -0.2) is 13.3 Å². The number of nitrogens with zero attached hydrogens (tertiary/aromatic N) is 2. The summed E-state index contributed by atoms with van der Waals surface area (Å²) in [4.78, 5) is 28.5. The summed E-state index contributed by atoms with van der Waals surface area (Å²) < 4.78 is 25.5. The van der Waals surface area contributed by atoms with E-state index in [0.29, 0.717) is 26.6 Å². The number of anilines is 1. The highest BCUT2D eigenvalue weighted by Gasteiger charge is 2.29. The highest BCUT2D eigenvalue weighted by atomic mass is 79.9. The molecule has 4 rings (SSSR count). The summed E-state index contributed by atoms with van der Waals surface area (Å²) in [6.07, 6.45) is 0.260. The summed E-state index contributed by atoms with van der Waals surface area (Å²) in [6, 6.07) is 20.0. The Morgan fingerprint density at radius 3 is 2.43 bits per heavy atom. The molecule has 0 saturated heterocycles. The number of ether oxygens (including phenoxy) is 2. The van der Waals surface area contributed by atoms with E-state index in [1.165, 1.54) is 11.9 Å². The Bertz CT molecular complexity index is 1260. The molecule has 3 aromatic carbocycles. The molecular formula is C25H24BrN3O5S. The predicted octanol–water partition coefficient (Wildman–Crippen LogP) is 4.12. The first-order valence-electron chi connectivity index (χ1n) is 10.8. The third-order valence-electron chi connectivity index (χ3n) is 5.51. The second kappa shape index (κ2) is 10.9. The summed E-state index contributed by atoms with van der Waals surface area (Å²) in [5.41, 5.74) is 1.47. The van der Waals surface area contributed by atoms with Crippen LogP contribution in [0.2, 0.25) is 0 Å². The van der Waals surface area contributed by atoms with Gasteiger partial charge in [-0.1, -0.05) is 42.5 Å². The first kappa shape index (κ1) is 24.7. The molecule has 35 heavy (non-hydrogen) atoms. The number of fused-ring (bicyclic) bond motifs is 1. The van der Waals surface area contributed by atoms with Gasteiger partial charge in [0.2, 0.25) is 12.7 Å². The quantitative estimate of drug-likeness (QED) is 0.472. The van der Waals surface area contributed by atoms with Gasteiger partial charge in [0.05, 0.1) is 4.90 Å². The van der Waals surface area contributed by atoms with Gasteiger partial charge in [-0.2, -0.15) is 0 Å². The van der Waals surface area contributed by atoms with Gasteiger partial charge in [0.1, 0.15) is 6.04 Å². The maximum Gasteiger partial charge on any atom is 0.329 e. The van der Waals surface area contributed by atoms with Crippen LogP contribution in [0.5, 0.6) is 11.5 Å². The number of halogens is 1. The lowest BCUT2D eigenvalue weighted by molar-refractivity contribution is -0.120. The van der Waals surface area contributed by atoms with Crippen LogP contribution in [0, 0.1) is 0 Å². The number of rotatable bonds is 7. The molecule has 2 unspecified atom stereocenters. The Kier molecular flexibility index (Phi) is 7.72. The lowest BCUT2D eigenvalue weighted by Gasteiger charge is -2.27. The maximum atomic E-state index is 13.5. The van der Waals surface area contributed by atoms with Gasteiger partial charge in [0.25, 0.3) is 0 Å². The zero-order valence-electron chi connectivity index (χ0n) is 19.1. The average Bonchev–Trinajstić information content (AvgIpc) is 3.35. The van der Waals surface area contributed by atoms with Crippen LogP contribution in [-0.2, 0) is 22.2 Å². The lowest BCUT2D eigenvalue weighted by Crippen LogP contribution is -2.52. The molecule has 0 aromatic heterocycles. The van der Waals surface area contributed by atoms with Gasteiger partial charge >= 0.3 is 6.03 Å². The number of likely N-dealkylation sites (N-methyl/N-ethyl adjacent to an activating group) is 1. The molecule has 8 nitrogen and oxygen atoms in total. The fourth-order valence-corrected chi connectivity index (χ4v) is 5.18. The van der Waals surface area contributed by atoms with Crippen LogP contribution in [0.1, 0.15) is 5.56 Å². The molecule has 0 bridgehead atoms. The molecule has 0 aliphatic carbocycles. The van der Waals surface area contributed by atoms with E-state index in [4.69, 9.17) is 9.47 Å². The average molecular weight is 558 g/mol. The maximum absolute atomic E-state index is 13.5. The van der Waals surface area contributed by atoms with E-state index < -0.39 is 23.1 Å². The third kappa shape index (κ3) is 5.66. The van der Waals surface area contributed by atoms with Gasteiger partial charge in [0, 0.05) is 36.7 Å². The largest absolute Gasteiger partial charge is 0.454 e. The predicted molar refractivity (Wildman–Crippen MR) is 137 cm³/mol. The fraction of sp³-hybridized carbons (Fsp3) is 0.200. The second-order valence-corrected chi connectivity index (χ2v) is 10.1.